The number of rotatable bonds is 1. The van der Waals surface area contributed by atoms with Crippen molar-refractivity contribution < 1.29 is 14.3 Å². The van der Waals surface area contributed by atoms with Crippen LogP contribution in [-0.2, 0) is 0 Å². The van der Waals surface area contributed by atoms with Crippen LogP contribution >= 0.6 is 0 Å². The zero-order valence-electron chi connectivity index (χ0n) is 11.7. The summed E-state index contributed by atoms with van der Waals surface area (Å²) >= 11 is 0. The van der Waals surface area contributed by atoms with E-state index in [9.17, 15) is 9.18 Å². The average molecular weight is 275 g/mol. The Balaban J connectivity index is 2.17. The van der Waals surface area contributed by atoms with Crippen molar-refractivity contribution in [3.05, 3.63) is 35.1 Å². The molecule has 2 atom stereocenters. The smallest absolute Gasteiger partial charge is 0.253 e. The normalized spacial score (nSPS) is 21.5. The highest BCUT2D eigenvalue weighted by atomic mass is 19.1. The molecule has 1 saturated heterocycles. The van der Waals surface area contributed by atoms with Gasteiger partial charge in [-0.05, 0) is 30.0 Å². The minimum Gasteiger partial charge on any atom is -0.384 e. The first-order valence-electron chi connectivity index (χ1n) is 6.71. The molecule has 0 aliphatic carbocycles. The minimum atomic E-state index is -0.530. The summed E-state index contributed by atoms with van der Waals surface area (Å²) in [6.45, 7) is 5.35. The summed E-state index contributed by atoms with van der Waals surface area (Å²) in [5, 5.41) is 8.60. The van der Waals surface area contributed by atoms with Gasteiger partial charge in [0.15, 0.2) is 0 Å². The Morgan fingerprint density at radius 1 is 1.40 bits per heavy atom. The first kappa shape index (κ1) is 14.5. The zero-order chi connectivity index (χ0) is 14.7. The number of carbonyl (C=O) groups excluding carboxylic acids is 1. The summed E-state index contributed by atoms with van der Waals surface area (Å²) in [4.78, 5) is 14.1. The second kappa shape index (κ2) is 6.06. The molecule has 1 aromatic rings. The number of likely N-dealkylation sites (tertiary alicyclic amines) is 1. The quantitative estimate of drug-likeness (QED) is 0.795. The van der Waals surface area contributed by atoms with Crippen molar-refractivity contribution in [2.45, 2.75) is 13.8 Å². The van der Waals surface area contributed by atoms with E-state index in [0.717, 1.165) is 0 Å². The molecule has 1 fully saturated rings. The standard InChI is InChI=1S/C16H18FNO2/c1-11-9-18(10-12(11)2)16(20)14-6-5-13(4-3-7-19)15(17)8-14/h5-6,8,11-12,19H,7,9-10H2,1-2H3. The summed E-state index contributed by atoms with van der Waals surface area (Å²) in [6.07, 6.45) is 0. The van der Waals surface area contributed by atoms with Gasteiger partial charge in [-0.2, -0.15) is 0 Å². The predicted molar refractivity (Wildman–Crippen MR) is 74.6 cm³/mol. The third-order valence-electron chi connectivity index (χ3n) is 3.79. The van der Waals surface area contributed by atoms with Crippen LogP contribution in [0.15, 0.2) is 18.2 Å². The molecular weight excluding hydrogens is 257 g/mol. The monoisotopic (exact) mass is 275 g/mol. The van der Waals surface area contributed by atoms with Crippen LogP contribution in [0.1, 0.15) is 29.8 Å². The van der Waals surface area contributed by atoms with Crippen molar-refractivity contribution in [1.82, 2.24) is 4.90 Å². The van der Waals surface area contributed by atoms with Crippen LogP contribution in [0.5, 0.6) is 0 Å². The highest BCUT2D eigenvalue weighted by Gasteiger charge is 2.30. The van der Waals surface area contributed by atoms with E-state index >= 15 is 0 Å². The van der Waals surface area contributed by atoms with E-state index < -0.39 is 5.82 Å². The molecule has 1 aromatic carbocycles. The van der Waals surface area contributed by atoms with E-state index in [4.69, 9.17) is 5.11 Å². The summed E-state index contributed by atoms with van der Waals surface area (Å²) in [5.41, 5.74) is 0.539. The molecule has 0 spiro atoms. The Hall–Kier alpha value is -1.86. The molecule has 2 unspecified atom stereocenters. The molecule has 106 valence electrons. The molecule has 0 aromatic heterocycles. The molecule has 1 heterocycles. The molecule has 2 rings (SSSR count). The number of amides is 1. The maximum atomic E-state index is 13.8. The Morgan fingerprint density at radius 2 is 2.05 bits per heavy atom. The highest BCUT2D eigenvalue weighted by molar-refractivity contribution is 5.94. The lowest BCUT2D eigenvalue weighted by Crippen LogP contribution is -2.28. The third kappa shape index (κ3) is 3.00. The summed E-state index contributed by atoms with van der Waals surface area (Å²) in [7, 11) is 0. The predicted octanol–water partition coefficient (Wildman–Crippen LogP) is 1.90. The van der Waals surface area contributed by atoms with Gasteiger partial charge in [0.2, 0.25) is 0 Å². The van der Waals surface area contributed by atoms with Gasteiger partial charge in [0.25, 0.3) is 5.91 Å². The Kier molecular flexibility index (Phi) is 4.41. The van der Waals surface area contributed by atoms with Crippen LogP contribution in [0.25, 0.3) is 0 Å². The van der Waals surface area contributed by atoms with Crippen molar-refractivity contribution in [1.29, 1.82) is 0 Å². The zero-order valence-corrected chi connectivity index (χ0v) is 11.7. The molecular formula is C16H18FNO2. The average Bonchev–Trinajstić information content (AvgIpc) is 2.76. The molecule has 0 bridgehead atoms. The van der Waals surface area contributed by atoms with E-state index in [2.05, 4.69) is 25.7 Å². The van der Waals surface area contributed by atoms with E-state index in [1.807, 2.05) is 0 Å². The van der Waals surface area contributed by atoms with Gasteiger partial charge in [-0.15, -0.1) is 0 Å². The second-order valence-corrected chi connectivity index (χ2v) is 5.32. The SMILES string of the molecule is CC1CN(C(=O)c2ccc(C#CCO)c(F)c2)CC1C. The summed E-state index contributed by atoms with van der Waals surface area (Å²) in [6, 6.07) is 4.28. The number of carbonyl (C=O) groups is 1. The maximum Gasteiger partial charge on any atom is 0.253 e. The van der Waals surface area contributed by atoms with Crippen LogP contribution in [0.4, 0.5) is 4.39 Å². The number of hydrogen-bond donors (Lipinski definition) is 1. The van der Waals surface area contributed by atoms with Gasteiger partial charge in [0, 0.05) is 18.7 Å². The first-order valence-corrected chi connectivity index (χ1v) is 6.71. The Labute approximate surface area is 118 Å². The number of halogens is 1. The van der Waals surface area contributed by atoms with Crippen LogP contribution in [-0.4, -0.2) is 35.6 Å². The molecule has 0 saturated carbocycles. The lowest BCUT2D eigenvalue weighted by molar-refractivity contribution is 0.0784. The minimum absolute atomic E-state index is 0.137. The molecule has 0 radical (unpaired) electrons. The summed E-state index contributed by atoms with van der Waals surface area (Å²) < 4.78 is 13.8. The van der Waals surface area contributed by atoms with Gasteiger partial charge in [-0.25, -0.2) is 4.39 Å². The molecule has 1 amide bonds. The maximum absolute atomic E-state index is 13.8. The van der Waals surface area contributed by atoms with Gasteiger partial charge in [0.1, 0.15) is 12.4 Å². The fraction of sp³-hybridized carbons (Fsp3) is 0.438. The molecule has 3 nitrogen and oxygen atoms in total. The number of aliphatic hydroxyl groups excluding tert-OH is 1. The van der Waals surface area contributed by atoms with Crippen molar-refractivity contribution in [2.75, 3.05) is 19.7 Å². The van der Waals surface area contributed by atoms with Gasteiger partial charge >= 0.3 is 0 Å². The number of aliphatic hydroxyl groups is 1. The van der Waals surface area contributed by atoms with Gasteiger partial charge in [0.05, 0.1) is 5.56 Å². The largest absolute Gasteiger partial charge is 0.384 e. The van der Waals surface area contributed by atoms with E-state index in [1.165, 1.54) is 12.1 Å². The van der Waals surface area contributed by atoms with Gasteiger partial charge in [-0.3, -0.25) is 4.79 Å². The fourth-order valence-electron chi connectivity index (χ4n) is 2.36. The molecule has 1 N–H and O–H groups in total. The van der Waals surface area contributed by atoms with E-state index in [-0.39, 0.29) is 18.1 Å². The van der Waals surface area contributed by atoms with E-state index in [0.29, 0.717) is 30.5 Å². The van der Waals surface area contributed by atoms with Gasteiger partial charge in [-0.1, -0.05) is 25.7 Å². The Morgan fingerprint density at radius 3 is 2.60 bits per heavy atom. The van der Waals surface area contributed by atoms with Crippen molar-refractivity contribution in [2.24, 2.45) is 11.8 Å². The van der Waals surface area contributed by atoms with E-state index in [1.54, 1.807) is 11.0 Å². The molecule has 4 heteroatoms. The number of benzene rings is 1. The Bertz CT molecular complexity index is 564. The first-order chi connectivity index (χ1) is 9.52. The van der Waals surface area contributed by atoms with Crippen molar-refractivity contribution >= 4 is 5.91 Å². The topological polar surface area (TPSA) is 40.5 Å². The van der Waals surface area contributed by atoms with Crippen molar-refractivity contribution in [3.63, 3.8) is 0 Å². The molecule has 1 aliphatic heterocycles. The number of nitrogens with zero attached hydrogens (tertiary/aromatic N) is 1. The second-order valence-electron chi connectivity index (χ2n) is 5.32. The lowest BCUT2D eigenvalue weighted by atomic mass is 10.0. The lowest BCUT2D eigenvalue weighted by Gasteiger charge is -2.16. The third-order valence-corrected chi connectivity index (χ3v) is 3.79. The van der Waals surface area contributed by atoms with Crippen LogP contribution < -0.4 is 0 Å². The number of hydrogen-bond acceptors (Lipinski definition) is 2. The van der Waals surface area contributed by atoms with Crippen LogP contribution in [0.2, 0.25) is 0 Å². The highest BCUT2D eigenvalue weighted by Crippen LogP contribution is 2.24. The van der Waals surface area contributed by atoms with Crippen molar-refractivity contribution in [3.8, 4) is 11.8 Å². The fourth-order valence-corrected chi connectivity index (χ4v) is 2.36. The van der Waals surface area contributed by atoms with Crippen LogP contribution in [0, 0.1) is 29.5 Å². The summed E-state index contributed by atoms with van der Waals surface area (Å²) in [5.74, 6) is 5.18. The van der Waals surface area contributed by atoms with Crippen LogP contribution in [0.3, 0.4) is 0 Å². The molecule has 20 heavy (non-hydrogen) atoms. The molecule has 1 aliphatic rings. The van der Waals surface area contributed by atoms with Gasteiger partial charge < -0.3 is 10.0 Å².